The van der Waals surface area contributed by atoms with Gasteiger partial charge in [0.25, 0.3) is 0 Å². The number of aliphatic hydroxyl groups excluding tert-OH is 20. The van der Waals surface area contributed by atoms with E-state index in [1.165, 1.54) is 10.9 Å². The van der Waals surface area contributed by atoms with Crippen LogP contribution in [0.15, 0.2) is 6.20 Å². The van der Waals surface area contributed by atoms with E-state index >= 15 is 0 Å². The fourth-order valence-electron chi connectivity index (χ4n) is 11.5. The molecule has 1 aromatic rings. The van der Waals surface area contributed by atoms with Gasteiger partial charge in [-0.2, -0.15) is 0 Å². The smallest absolute Gasteiger partial charge is 0.187 e. The summed E-state index contributed by atoms with van der Waals surface area (Å²) in [6.45, 7) is -4.67. The van der Waals surface area contributed by atoms with Crippen molar-refractivity contribution < 1.29 is 168 Å². The van der Waals surface area contributed by atoms with E-state index in [4.69, 9.17) is 66.3 Å². The van der Waals surface area contributed by atoms with Gasteiger partial charge in [-0.05, 0) is 12.8 Å². The monoisotopic (exact) mass is 1240 g/mol. The van der Waals surface area contributed by atoms with E-state index in [2.05, 4.69) is 10.3 Å². The van der Waals surface area contributed by atoms with E-state index in [1.54, 1.807) is 0 Å². The summed E-state index contributed by atoms with van der Waals surface area (Å²) in [5.74, 6) is 0. The third-order valence-corrected chi connectivity index (χ3v) is 16.3. The maximum Gasteiger partial charge on any atom is 0.187 e. The van der Waals surface area contributed by atoms with E-state index in [1.807, 2.05) is 6.92 Å². The SMILES string of the molecule is CCCCc1cn(C[C@H]2O[C@@H]3O[C@H]4[C@H](O)[C@@H](O)[C@@H](O[C@H]5[C@H](O)[C@@H](O)[C@@H](O[C@H]6[C@H](O)[C@@H](O)[C@@H](O[C@H]7[C@H](O)[C@@H](O)[C@@H](O[C@H]8[C@H](O)[C@@H](O)[C@@H](O[C@H]9[C@H](O)[C@@H](O)[C@@H](O[C@H]2[C@H](O)[C@H]3O)O[C@@H]9CO)O[C@@H]8CO)O[C@@H]7CO)O[C@@H]6CO)O[C@@H]5CO)O[C@@H]4CO)nn1. The van der Waals surface area contributed by atoms with Crippen LogP contribution in [0.5, 0.6) is 0 Å². The predicted octanol–water partition coefficient (Wildman–Crippen LogP) is -13.6. The summed E-state index contributed by atoms with van der Waals surface area (Å²) in [6.07, 6.45) is -66.2. The third-order valence-electron chi connectivity index (χ3n) is 16.3. The van der Waals surface area contributed by atoms with Crippen LogP contribution in [-0.4, -0.2) is 372 Å². The Hall–Kier alpha value is -2.22. The minimum atomic E-state index is -2.21. The van der Waals surface area contributed by atoms with Crippen molar-refractivity contribution in [3.63, 3.8) is 0 Å². The van der Waals surface area contributed by atoms with E-state index in [0.29, 0.717) is 12.1 Å². The number of unbranched alkanes of at least 4 members (excludes halogenated alkanes) is 1. The quantitative estimate of drug-likeness (QED) is 0.0978. The maximum absolute atomic E-state index is 11.9. The lowest BCUT2D eigenvalue weighted by atomic mass is 9.95. The first-order chi connectivity index (χ1) is 40.6. The molecule has 35 atom stereocenters. The van der Waals surface area contributed by atoms with Crippen molar-refractivity contribution >= 4 is 0 Å². The topological polar surface area (TPSA) is 565 Å². The Morgan fingerprint density at radius 1 is 0.318 bits per heavy atom. The number of aromatic nitrogens is 3. The van der Waals surface area contributed by atoms with Gasteiger partial charge in [0.05, 0.1) is 51.9 Å². The van der Waals surface area contributed by atoms with Gasteiger partial charge in [-0.3, -0.25) is 0 Å². The Bertz CT molecular complexity index is 2200. The van der Waals surface area contributed by atoms with Crippen LogP contribution in [0.4, 0.5) is 0 Å². The number of nitrogens with zero attached hydrogens (tertiary/aromatic N) is 3. The first-order valence-corrected chi connectivity index (χ1v) is 27.9. The van der Waals surface area contributed by atoms with Crippen molar-refractivity contribution in [1.82, 2.24) is 15.0 Å². The number of hydrogen-bond acceptors (Lipinski definition) is 36. The Morgan fingerprint density at radius 2 is 0.529 bits per heavy atom. The molecule has 22 rings (SSSR count). The largest absolute Gasteiger partial charge is 0.394 e. The lowest BCUT2D eigenvalue weighted by molar-refractivity contribution is -0.396. The molecule has 0 aromatic carbocycles. The summed E-state index contributed by atoms with van der Waals surface area (Å²) in [6, 6.07) is 0. The number of ether oxygens (including phenoxy) is 14. The average molecular weight is 1240 g/mol. The average Bonchev–Trinajstić information content (AvgIpc) is 3.92. The molecule has 0 spiro atoms. The van der Waals surface area contributed by atoms with E-state index in [9.17, 15) is 102 Å². The van der Waals surface area contributed by atoms with Crippen LogP contribution in [0.3, 0.4) is 0 Å². The van der Waals surface area contributed by atoms with Crippen LogP contribution >= 0.6 is 0 Å². The zero-order chi connectivity index (χ0) is 61.5. The molecule has 21 aliphatic rings. The van der Waals surface area contributed by atoms with Crippen LogP contribution < -0.4 is 0 Å². The summed E-state index contributed by atoms with van der Waals surface area (Å²) in [5.41, 5.74) is 0.535. The van der Waals surface area contributed by atoms with Crippen molar-refractivity contribution in [3.8, 4) is 0 Å². The zero-order valence-electron chi connectivity index (χ0n) is 45.4. The molecule has 85 heavy (non-hydrogen) atoms. The lowest BCUT2D eigenvalue weighted by Crippen LogP contribution is -2.68. The number of hydrogen-bond donors (Lipinski definition) is 20. The van der Waals surface area contributed by atoms with Crippen molar-refractivity contribution in [2.75, 3.05) is 39.6 Å². The van der Waals surface area contributed by atoms with Gasteiger partial charge in [-0.15, -0.1) is 5.10 Å². The van der Waals surface area contributed by atoms with Crippen LogP contribution in [0.25, 0.3) is 0 Å². The maximum atomic E-state index is 11.9. The molecule has 1 aromatic heterocycles. The lowest BCUT2D eigenvalue weighted by Gasteiger charge is -2.50. The summed E-state index contributed by atoms with van der Waals surface area (Å²) in [4.78, 5) is 0. The van der Waals surface area contributed by atoms with Crippen LogP contribution in [0, 0.1) is 0 Å². The van der Waals surface area contributed by atoms with Crippen LogP contribution in [0.2, 0.25) is 0 Å². The molecule has 20 N–H and O–H groups in total. The summed E-state index contributed by atoms with van der Waals surface area (Å²) in [5, 5.41) is 232. The molecule has 22 heterocycles. The molecule has 14 bridgehead atoms. The Kier molecular flexibility index (Phi) is 22.9. The highest BCUT2D eigenvalue weighted by atomic mass is 16.8. The van der Waals surface area contributed by atoms with Crippen molar-refractivity contribution in [1.29, 1.82) is 0 Å². The molecule has 490 valence electrons. The minimum Gasteiger partial charge on any atom is -0.394 e. The fourth-order valence-corrected chi connectivity index (χ4v) is 11.5. The second-order valence-electron chi connectivity index (χ2n) is 22.0. The van der Waals surface area contributed by atoms with Gasteiger partial charge in [0.2, 0.25) is 0 Å². The number of aliphatic hydroxyl groups is 20. The normalized spacial score (nSPS) is 51.3. The standard InChI is InChI=1S/C48H79N3O34/c1-2-3-4-13-5-51(50-49-13)6-14-35-21(58)28(65)42(72-14)80-36-15(7-52)74-44(30(67)23(36)60)82-38-17(9-54)76-46(32(69)25(38)62)84-40-19(11-56)78-48(34(71)27(40)64)85-41-20(12-57)77-47(33(70)26(41)63)83-39-18(10-55)75-45(31(68)24(39)61)81-37-16(8-53)73-43(79-35)29(66)22(37)59/h5,14-48,52-71H,2-4,6-12H2,1H3/t14-,15-,16-,17-,18-,19-,20-,21-,22-,23-,24-,25-,26-,27-,28-,29-,30-,31-,32-,33-,34-,35-,36-,37-,38-,39-,40-,41-,42-,43-,44-,45-,46-,47-,48-/m1/s1. The fraction of sp³-hybridized carbons (Fsp3) is 0.958. The first kappa shape index (κ1) is 67.2. The molecule has 21 saturated heterocycles. The van der Waals surface area contributed by atoms with Gasteiger partial charge in [0, 0.05) is 6.20 Å². The summed E-state index contributed by atoms with van der Waals surface area (Å²) < 4.78 is 82.7. The number of rotatable bonds is 11. The Morgan fingerprint density at radius 3 is 0.741 bits per heavy atom. The molecule has 0 radical (unpaired) electrons. The second-order valence-corrected chi connectivity index (χ2v) is 22.0. The molecule has 37 heteroatoms. The summed E-state index contributed by atoms with van der Waals surface area (Å²) >= 11 is 0. The molecule has 21 aliphatic heterocycles. The molecular weight excluding hydrogens is 1160 g/mol. The van der Waals surface area contributed by atoms with Gasteiger partial charge < -0.3 is 168 Å². The highest BCUT2D eigenvalue weighted by molar-refractivity contribution is 5.02. The van der Waals surface area contributed by atoms with Crippen LogP contribution in [-0.2, 0) is 79.3 Å². The highest BCUT2D eigenvalue weighted by Crippen LogP contribution is 2.39. The molecule has 0 aliphatic carbocycles. The van der Waals surface area contributed by atoms with Gasteiger partial charge in [-0.1, -0.05) is 18.6 Å². The van der Waals surface area contributed by atoms with E-state index in [-0.39, 0.29) is 6.54 Å². The Balaban J connectivity index is 1.02. The first-order valence-electron chi connectivity index (χ1n) is 27.9. The minimum absolute atomic E-state index is 0.381. The van der Waals surface area contributed by atoms with E-state index < -0.39 is 255 Å². The summed E-state index contributed by atoms with van der Waals surface area (Å²) in [7, 11) is 0. The van der Waals surface area contributed by atoms with Gasteiger partial charge in [-0.25, -0.2) is 4.68 Å². The second kappa shape index (κ2) is 28.9. The van der Waals surface area contributed by atoms with Crippen molar-refractivity contribution in [3.05, 3.63) is 11.9 Å². The molecule has 21 fully saturated rings. The third kappa shape index (κ3) is 13.7. The highest BCUT2D eigenvalue weighted by Gasteiger charge is 2.59. The Labute approximate surface area is 481 Å². The predicted molar refractivity (Wildman–Crippen MR) is 260 cm³/mol. The van der Waals surface area contributed by atoms with Gasteiger partial charge in [0.1, 0.15) is 171 Å². The molecule has 0 saturated carbocycles. The number of aryl methyl sites for hydroxylation is 1. The zero-order valence-corrected chi connectivity index (χ0v) is 45.4. The molecular formula is C48H79N3O34. The molecule has 0 unspecified atom stereocenters. The van der Waals surface area contributed by atoms with Crippen molar-refractivity contribution in [2.24, 2.45) is 0 Å². The molecule has 37 nitrogen and oxygen atoms in total. The van der Waals surface area contributed by atoms with Gasteiger partial charge >= 0.3 is 0 Å². The van der Waals surface area contributed by atoms with Gasteiger partial charge in [0.15, 0.2) is 44.0 Å². The molecule has 0 amide bonds. The van der Waals surface area contributed by atoms with Crippen molar-refractivity contribution in [2.45, 2.75) is 248 Å². The van der Waals surface area contributed by atoms with Crippen LogP contribution in [0.1, 0.15) is 25.5 Å². The van der Waals surface area contributed by atoms with E-state index in [0.717, 1.165) is 12.8 Å².